The number of ether oxygens (including phenoxy) is 1. The van der Waals surface area contributed by atoms with Gasteiger partial charge in [0.2, 0.25) is 11.8 Å². The molecule has 2 N–H and O–H groups in total. The lowest BCUT2D eigenvalue weighted by Gasteiger charge is -2.12. The van der Waals surface area contributed by atoms with Gasteiger partial charge >= 0.3 is 0 Å². The fourth-order valence-corrected chi connectivity index (χ4v) is 2.86. The first kappa shape index (κ1) is 20.1. The second kappa shape index (κ2) is 10.1. The Morgan fingerprint density at radius 3 is 2.23 bits per heavy atom. The largest absolute Gasteiger partial charge is 0.494 e. The minimum Gasteiger partial charge on any atom is -0.494 e. The molecular formula is C19H21ClN2O3S. The monoisotopic (exact) mass is 392 g/mol. The molecule has 138 valence electrons. The molecule has 2 aromatic carbocycles. The topological polar surface area (TPSA) is 67.4 Å². The summed E-state index contributed by atoms with van der Waals surface area (Å²) < 4.78 is 5.36. The minimum atomic E-state index is -0.364. The van der Waals surface area contributed by atoms with Crippen LogP contribution in [0.1, 0.15) is 13.8 Å². The van der Waals surface area contributed by atoms with E-state index in [9.17, 15) is 9.59 Å². The normalized spacial score (nSPS) is 11.5. The van der Waals surface area contributed by atoms with Crippen LogP contribution in [-0.2, 0) is 9.59 Å². The van der Waals surface area contributed by atoms with E-state index in [1.807, 2.05) is 6.92 Å². The standard InChI is InChI=1S/C19H21ClN2O3S/c1-3-25-17-10-8-15(9-11-17)21-18(23)12-26-13(2)19(24)22-16-6-4-14(20)5-7-16/h4-11,13H,3,12H2,1-2H3,(H,21,23)(H,22,24)/t13-/m0/s1. The van der Waals surface area contributed by atoms with Crippen LogP contribution < -0.4 is 15.4 Å². The summed E-state index contributed by atoms with van der Waals surface area (Å²) in [5.74, 6) is 0.617. The highest BCUT2D eigenvalue weighted by atomic mass is 35.5. The third-order valence-corrected chi connectivity index (χ3v) is 4.79. The zero-order valence-corrected chi connectivity index (χ0v) is 16.2. The Hall–Kier alpha value is -2.18. The van der Waals surface area contributed by atoms with E-state index in [0.29, 0.717) is 23.0 Å². The number of benzene rings is 2. The molecule has 0 radical (unpaired) electrons. The van der Waals surface area contributed by atoms with Gasteiger partial charge in [-0.1, -0.05) is 11.6 Å². The van der Waals surface area contributed by atoms with Crippen molar-refractivity contribution in [3.8, 4) is 5.75 Å². The highest BCUT2D eigenvalue weighted by molar-refractivity contribution is 8.01. The Morgan fingerprint density at radius 1 is 1.04 bits per heavy atom. The Labute approximate surface area is 162 Å². The van der Waals surface area contributed by atoms with Gasteiger partial charge in [0.15, 0.2) is 0 Å². The number of halogens is 1. The molecule has 0 saturated carbocycles. The average molecular weight is 393 g/mol. The summed E-state index contributed by atoms with van der Waals surface area (Å²) in [4.78, 5) is 24.2. The van der Waals surface area contributed by atoms with E-state index in [1.54, 1.807) is 55.5 Å². The van der Waals surface area contributed by atoms with Gasteiger partial charge in [-0.25, -0.2) is 0 Å². The quantitative estimate of drug-likeness (QED) is 0.697. The van der Waals surface area contributed by atoms with Crippen molar-refractivity contribution in [2.75, 3.05) is 23.0 Å². The molecule has 0 aromatic heterocycles. The molecule has 0 heterocycles. The highest BCUT2D eigenvalue weighted by Crippen LogP contribution is 2.18. The van der Waals surface area contributed by atoms with Gasteiger partial charge in [0.1, 0.15) is 5.75 Å². The van der Waals surface area contributed by atoms with Gasteiger partial charge < -0.3 is 15.4 Å². The molecule has 0 fully saturated rings. The van der Waals surface area contributed by atoms with Crippen LogP contribution in [0.3, 0.4) is 0 Å². The minimum absolute atomic E-state index is 0.161. The molecular weight excluding hydrogens is 372 g/mol. The molecule has 1 atom stereocenters. The Morgan fingerprint density at radius 2 is 1.62 bits per heavy atom. The zero-order chi connectivity index (χ0) is 18.9. The van der Waals surface area contributed by atoms with Crippen molar-refractivity contribution >= 4 is 46.6 Å². The number of thioether (sulfide) groups is 1. The van der Waals surface area contributed by atoms with Crippen LogP contribution in [0.25, 0.3) is 0 Å². The first-order valence-corrected chi connectivity index (χ1v) is 9.61. The lowest BCUT2D eigenvalue weighted by atomic mass is 10.3. The van der Waals surface area contributed by atoms with Crippen LogP contribution in [0.5, 0.6) is 5.75 Å². The van der Waals surface area contributed by atoms with Crippen LogP contribution in [0.2, 0.25) is 5.02 Å². The zero-order valence-electron chi connectivity index (χ0n) is 14.6. The first-order valence-electron chi connectivity index (χ1n) is 8.18. The van der Waals surface area contributed by atoms with Crippen molar-refractivity contribution < 1.29 is 14.3 Å². The predicted octanol–water partition coefficient (Wildman–Crippen LogP) is 4.44. The molecule has 2 rings (SSSR count). The Bertz CT molecular complexity index is 735. The predicted molar refractivity (Wildman–Crippen MR) is 108 cm³/mol. The molecule has 7 heteroatoms. The third kappa shape index (κ3) is 6.61. The lowest BCUT2D eigenvalue weighted by Crippen LogP contribution is -2.25. The number of nitrogens with one attached hydrogen (secondary N) is 2. The van der Waals surface area contributed by atoms with Gasteiger partial charge in [-0.15, -0.1) is 11.8 Å². The van der Waals surface area contributed by atoms with Crippen LogP contribution >= 0.6 is 23.4 Å². The molecule has 2 amide bonds. The summed E-state index contributed by atoms with van der Waals surface area (Å²) >= 11 is 7.09. The van der Waals surface area contributed by atoms with Crippen molar-refractivity contribution in [2.24, 2.45) is 0 Å². The van der Waals surface area contributed by atoms with Crippen molar-refractivity contribution in [3.63, 3.8) is 0 Å². The van der Waals surface area contributed by atoms with Gasteiger partial charge in [-0.2, -0.15) is 0 Å². The number of carbonyl (C=O) groups is 2. The highest BCUT2D eigenvalue weighted by Gasteiger charge is 2.15. The van der Waals surface area contributed by atoms with E-state index >= 15 is 0 Å². The maximum Gasteiger partial charge on any atom is 0.237 e. The molecule has 0 saturated heterocycles. The van der Waals surface area contributed by atoms with E-state index in [4.69, 9.17) is 16.3 Å². The smallest absolute Gasteiger partial charge is 0.237 e. The van der Waals surface area contributed by atoms with E-state index in [-0.39, 0.29) is 22.8 Å². The van der Waals surface area contributed by atoms with Crippen LogP contribution in [0, 0.1) is 0 Å². The summed E-state index contributed by atoms with van der Waals surface area (Å²) in [7, 11) is 0. The third-order valence-electron chi connectivity index (χ3n) is 3.39. The van der Waals surface area contributed by atoms with Gasteiger partial charge in [-0.05, 0) is 62.4 Å². The Balaban J connectivity index is 1.76. The van der Waals surface area contributed by atoms with Gasteiger partial charge in [-0.3, -0.25) is 9.59 Å². The molecule has 0 aliphatic carbocycles. The molecule has 26 heavy (non-hydrogen) atoms. The van der Waals surface area contributed by atoms with E-state index in [0.717, 1.165) is 5.75 Å². The lowest BCUT2D eigenvalue weighted by molar-refractivity contribution is -0.115. The summed E-state index contributed by atoms with van der Waals surface area (Å²) in [5.41, 5.74) is 1.36. The maximum absolute atomic E-state index is 12.2. The summed E-state index contributed by atoms with van der Waals surface area (Å²) in [6, 6.07) is 14.0. The number of anilines is 2. The van der Waals surface area contributed by atoms with Crippen molar-refractivity contribution in [1.29, 1.82) is 0 Å². The summed E-state index contributed by atoms with van der Waals surface area (Å²) in [5, 5.41) is 5.84. The molecule has 0 spiro atoms. The van der Waals surface area contributed by atoms with Crippen LogP contribution in [0.15, 0.2) is 48.5 Å². The number of rotatable bonds is 8. The SMILES string of the molecule is CCOc1ccc(NC(=O)CS[C@@H](C)C(=O)Nc2ccc(Cl)cc2)cc1. The molecule has 0 aliphatic heterocycles. The van der Waals surface area contributed by atoms with Crippen molar-refractivity contribution in [3.05, 3.63) is 53.6 Å². The van der Waals surface area contributed by atoms with Crippen LogP contribution in [0.4, 0.5) is 11.4 Å². The second-order valence-corrected chi connectivity index (χ2v) is 7.22. The number of hydrogen-bond donors (Lipinski definition) is 2. The fourth-order valence-electron chi connectivity index (χ4n) is 2.05. The van der Waals surface area contributed by atoms with Crippen molar-refractivity contribution in [2.45, 2.75) is 19.1 Å². The summed E-state index contributed by atoms with van der Waals surface area (Å²) in [6.07, 6.45) is 0. The van der Waals surface area contributed by atoms with Gasteiger partial charge in [0, 0.05) is 16.4 Å². The van der Waals surface area contributed by atoms with E-state index in [2.05, 4.69) is 10.6 Å². The average Bonchev–Trinajstić information content (AvgIpc) is 2.63. The molecule has 0 unspecified atom stereocenters. The van der Waals surface area contributed by atoms with Crippen LogP contribution in [-0.4, -0.2) is 29.4 Å². The fraction of sp³-hybridized carbons (Fsp3) is 0.263. The number of hydrogen-bond acceptors (Lipinski definition) is 4. The Kier molecular flexibility index (Phi) is 7.81. The summed E-state index contributed by atoms with van der Waals surface area (Å²) in [6.45, 7) is 4.27. The number of amides is 2. The second-order valence-electron chi connectivity index (χ2n) is 5.45. The first-order chi connectivity index (χ1) is 12.5. The molecule has 0 aliphatic rings. The molecule has 2 aromatic rings. The van der Waals surface area contributed by atoms with Crippen molar-refractivity contribution in [1.82, 2.24) is 0 Å². The maximum atomic E-state index is 12.2. The van der Waals surface area contributed by atoms with Gasteiger partial charge in [0.05, 0.1) is 17.6 Å². The van der Waals surface area contributed by atoms with Gasteiger partial charge in [0.25, 0.3) is 0 Å². The van der Waals surface area contributed by atoms with E-state index in [1.165, 1.54) is 11.8 Å². The number of carbonyl (C=O) groups excluding carboxylic acids is 2. The molecule has 0 bridgehead atoms. The van der Waals surface area contributed by atoms with E-state index < -0.39 is 0 Å². The molecule has 5 nitrogen and oxygen atoms in total.